The highest BCUT2D eigenvalue weighted by Crippen LogP contribution is 2.23. The minimum absolute atomic E-state index is 0.227. The van der Waals surface area contributed by atoms with Gasteiger partial charge in [0.1, 0.15) is 5.75 Å². The number of likely N-dealkylation sites (tertiary alicyclic amines) is 1. The van der Waals surface area contributed by atoms with Crippen LogP contribution in [0.2, 0.25) is 0 Å². The van der Waals surface area contributed by atoms with Gasteiger partial charge in [0.2, 0.25) is 0 Å². The molecule has 2 rings (SSSR count). The summed E-state index contributed by atoms with van der Waals surface area (Å²) in [6.07, 6.45) is 5.29. The van der Waals surface area contributed by atoms with Gasteiger partial charge < -0.3 is 10.5 Å². The van der Waals surface area contributed by atoms with E-state index in [1.54, 1.807) is 0 Å². The molecule has 0 aliphatic carbocycles. The van der Waals surface area contributed by atoms with E-state index in [4.69, 9.17) is 10.5 Å². The summed E-state index contributed by atoms with van der Waals surface area (Å²) in [4.78, 5) is 2.59. The Morgan fingerprint density at radius 3 is 2.95 bits per heavy atom. The van der Waals surface area contributed by atoms with Crippen LogP contribution >= 0.6 is 0 Å². The topological polar surface area (TPSA) is 38.5 Å². The van der Waals surface area contributed by atoms with E-state index >= 15 is 0 Å². The van der Waals surface area contributed by atoms with Crippen LogP contribution in [0.25, 0.3) is 0 Å². The molecule has 0 radical (unpaired) electrons. The van der Waals surface area contributed by atoms with Crippen molar-refractivity contribution in [2.24, 2.45) is 5.73 Å². The number of hydrogen-bond donors (Lipinski definition) is 1. The highest BCUT2D eigenvalue weighted by molar-refractivity contribution is 5.28. The second-order valence-electron chi connectivity index (χ2n) is 6.01. The predicted molar refractivity (Wildman–Crippen MR) is 83.9 cm³/mol. The number of nitrogens with two attached hydrogens (primary N) is 1. The fourth-order valence-electron chi connectivity index (χ4n) is 3.01. The van der Waals surface area contributed by atoms with E-state index in [1.807, 2.05) is 6.07 Å². The molecule has 0 bridgehead atoms. The summed E-state index contributed by atoms with van der Waals surface area (Å²) in [5.41, 5.74) is 7.09. The van der Waals surface area contributed by atoms with Gasteiger partial charge in [-0.3, -0.25) is 4.90 Å². The number of ether oxygens (including phenoxy) is 1. The number of benzene rings is 1. The van der Waals surface area contributed by atoms with Crippen LogP contribution < -0.4 is 10.5 Å². The van der Waals surface area contributed by atoms with Gasteiger partial charge in [-0.1, -0.05) is 18.6 Å². The van der Waals surface area contributed by atoms with Crippen molar-refractivity contribution < 1.29 is 4.74 Å². The summed E-state index contributed by atoms with van der Waals surface area (Å²) in [5, 5.41) is 0. The Kier molecular flexibility index (Phi) is 5.86. The van der Waals surface area contributed by atoms with E-state index < -0.39 is 0 Å². The molecule has 1 atom stereocenters. The van der Waals surface area contributed by atoms with Gasteiger partial charge in [0.25, 0.3) is 0 Å². The second-order valence-corrected chi connectivity index (χ2v) is 6.01. The first-order valence-electron chi connectivity index (χ1n) is 7.88. The lowest BCUT2D eigenvalue weighted by molar-refractivity contribution is 0.134. The summed E-state index contributed by atoms with van der Waals surface area (Å²) in [6, 6.07) is 9.16. The van der Waals surface area contributed by atoms with Crippen molar-refractivity contribution in [1.82, 2.24) is 4.90 Å². The minimum Gasteiger partial charge on any atom is -0.491 e. The molecular formula is C17H28N2O. The van der Waals surface area contributed by atoms with Crippen LogP contribution in [-0.2, 0) is 6.54 Å². The van der Waals surface area contributed by atoms with Gasteiger partial charge in [-0.15, -0.1) is 0 Å². The molecule has 1 saturated heterocycles. The number of nitrogens with zero attached hydrogens (tertiary/aromatic N) is 1. The Labute approximate surface area is 123 Å². The van der Waals surface area contributed by atoms with Crippen LogP contribution in [-0.4, -0.2) is 30.1 Å². The molecular weight excluding hydrogens is 248 g/mol. The van der Waals surface area contributed by atoms with E-state index in [0.29, 0.717) is 6.04 Å². The fraction of sp³-hybridized carbons (Fsp3) is 0.647. The van der Waals surface area contributed by atoms with Crippen molar-refractivity contribution in [3.8, 4) is 5.75 Å². The Bertz CT molecular complexity index is 404. The van der Waals surface area contributed by atoms with E-state index in [0.717, 1.165) is 25.3 Å². The first-order valence-corrected chi connectivity index (χ1v) is 7.88. The van der Waals surface area contributed by atoms with Gasteiger partial charge in [0.15, 0.2) is 0 Å². The fourth-order valence-corrected chi connectivity index (χ4v) is 3.01. The van der Waals surface area contributed by atoms with Crippen LogP contribution in [0.3, 0.4) is 0 Å². The molecule has 3 heteroatoms. The zero-order chi connectivity index (χ0) is 14.4. The van der Waals surface area contributed by atoms with Crippen molar-refractivity contribution >= 4 is 0 Å². The molecule has 1 aromatic carbocycles. The predicted octanol–water partition coefficient (Wildman–Crippen LogP) is 3.18. The molecule has 1 aliphatic heterocycles. The van der Waals surface area contributed by atoms with Crippen LogP contribution in [0.15, 0.2) is 24.3 Å². The van der Waals surface area contributed by atoms with Gasteiger partial charge in [-0.2, -0.15) is 0 Å². The highest BCUT2D eigenvalue weighted by Gasteiger charge is 2.21. The van der Waals surface area contributed by atoms with Crippen molar-refractivity contribution in [1.29, 1.82) is 0 Å². The standard InChI is InChI=1S/C17H28N2O/c1-14(2)20-17-8-5-6-15(12-17)13-19-11-4-3-7-16(19)9-10-18/h5-6,8,12,14,16H,3-4,7,9-11,13,18H2,1-2H3. The monoisotopic (exact) mass is 276 g/mol. The van der Waals surface area contributed by atoms with Gasteiger partial charge in [-0.05, 0) is 63.9 Å². The maximum atomic E-state index is 5.78. The smallest absolute Gasteiger partial charge is 0.120 e. The molecule has 1 unspecified atom stereocenters. The molecule has 0 saturated carbocycles. The quantitative estimate of drug-likeness (QED) is 0.867. The Morgan fingerprint density at radius 2 is 2.20 bits per heavy atom. The van der Waals surface area contributed by atoms with Gasteiger partial charge in [-0.25, -0.2) is 0 Å². The summed E-state index contributed by atoms with van der Waals surface area (Å²) in [7, 11) is 0. The molecule has 0 aromatic heterocycles. The van der Waals surface area contributed by atoms with E-state index in [-0.39, 0.29) is 6.10 Å². The first kappa shape index (κ1) is 15.3. The molecule has 3 nitrogen and oxygen atoms in total. The van der Waals surface area contributed by atoms with E-state index in [1.165, 1.54) is 31.4 Å². The average molecular weight is 276 g/mol. The lowest BCUT2D eigenvalue weighted by atomic mass is 9.98. The van der Waals surface area contributed by atoms with E-state index in [9.17, 15) is 0 Å². The Hall–Kier alpha value is -1.06. The molecule has 1 heterocycles. The summed E-state index contributed by atoms with van der Waals surface area (Å²) < 4.78 is 5.78. The van der Waals surface area contributed by atoms with Gasteiger partial charge in [0, 0.05) is 12.6 Å². The molecule has 1 aromatic rings. The van der Waals surface area contributed by atoms with Crippen molar-refractivity contribution in [2.75, 3.05) is 13.1 Å². The lowest BCUT2D eigenvalue weighted by Gasteiger charge is -2.35. The largest absolute Gasteiger partial charge is 0.491 e. The Morgan fingerprint density at radius 1 is 1.35 bits per heavy atom. The first-order chi connectivity index (χ1) is 9.69. The third-order valence-corrected chi connectivity index (χ3v) is 3.90. The SMILES string of the molecule is CC(C)Oc1cccc(CN2CCCCC2CCN)c1. The van der Waals surface area contributed by atoms with Crippen molar-refractivity contribution in [3.63, 3.8) is 0 Å². The van der Waals surface area contributed by atoms with Crippen LogP contribution in [0.5, 0.6) is 5.75 Å². The van der Waals surface area contributed by atoms with Gasteiger partial charge >= 0.3 is 0 Å². The lowest BCUT2D eigenvalue weighted by Crippen LogP contribution is -2.40. The normalized spacial score (nSPS) is 20.3. The van der Waals surface area contributed by atoms with Crippen LogP contribution in [0, 0.1) is 0 Å². The third kappa shape index (κ3) is 4.50. The molecule has 1 fully saturated rings. The number of hydrogen-bond acceptors (Lipinski definition) is 3. The molecule has 1 aliphatic rings. The van der Waals surface area contributed by atoms with Crippen molar-refractivity contribution in [3.05, 3.63) is 29.8 Å². The zero-order valence-electron chi connectivity index (χ0n) is 12.8. The maximum Gasteiger partial charge on any atom is 0.120 e. The second kappa shape index (κ2) is 7.65. The molecule has 0 amide bonds. The minimum atomic E-state index is 0.227. The third-order valence-electron chi connectivity index (χ3n) is 3.90. The summed E-state index contributed by atoms with van der Waals surface area (Å²) >= 11 is 0. The molecule has 20 heavy (non-hydrogen) atoms. The van der Waals surface area contributed by atoms with Crippen molar-refractivity contribution in [2.45, 2.75) is 58.2 Å². The van der Waals surface area contributed by atoms with Crippen LogP contribution in [0.4, 0.5) is 0 Å². The number of rotatable bonds is 6. The zero-order valence-corrected chi connectivity index (χ0v) is 12.8. The highest BCUT2D eigenvalue weighted by atomic mass is 16.5. The van der Waals surface area contributed by atoms with E-state index in [2.05, 4.69) is 36.9 Å². The molecule has 2 N–H and O–H groups in total. The molecule has 0 spiro atoms. The summed E-state index contributed by atoms with van der Waals surface area (Å²) in [5.74, 6) is 0.977. The number of piperidine rings is 1. The molecule has 112 valence electrons. The van der Waals surface area contributed by atoms with Crippen LogP contribution in [0.1, 0.15) is 45.1 Å². The Balaban J connectivity index is 2.00. The summed E-state index contributed by atoms with van der Waals surface area (Å²) in [6.45, 7) is 7.13. The average Bonchev–Trinajstić information content (AvgIpc) is 2.41. The van der Waals surface area contributed by atoms with Gasteiger partial charge in [0.05, 0.1) is 6.10 Å². The maximum absolute atomic E-state index is 5.78.